The Balaban J connectivity index is 0.000000186. The summed E-state index contributed by atoms with van der Waals surface area (Å²) in [6.45, 7) is 8.10. The summed E-state index contributed by atoms with van der Waals surface area (Å²) in [5.41, 5.74) is 1.86. The van der Waals surface area contributed by atoms with E-state index < -0.39 is 21.6 Å². The van der Waals surface area contributed by atoms with Crippen molar-refractivity contribution >= 4 is 93.7 Å². The van der Waals surface area contributed by atoms with E-state index >= 15 is 0 Å². The van der Waals surface area contributed by atoms with E-state index in [9.17, 15) is 20.1 Å². The van der Waals surface area contributed by atoms with Gasteiger partial charge in [0.15, 0.2) is 11.6 Å². The lowest BCUT2D eigenvalue weighted by Crippen LogP contribution is -2.47. The molecule has 4 aliphatic rings. The molecule has 0 aromatic heterocycles. The van der Waals surface area contributed by atoms with E-state index in [-0.39, 0.29) is 34.2 Å². The first-order valence-electron chi connectivity index (χ1n) is 19.7. The summed E-state index contributed by atoms with van der Waals surface area (Å²) in [4.78, 5) is 24.9. The molecule has 0 spiro atoms. The molecule has 0 saturated carbocycles. The number of carbonyl (C=O) groups is 2. The first kappa shape index (κ1) is 45.5. The number of nitriles is 2. The van der Waals surface area contributed by atoms with Crippen LogP contribution in [0.1, 0.15) is 76.3 Å². The van der Waals surface area contributed by atoms with Crippen LogP contribution in [0.25, 0.3) is 0 Å². The summed E-state index contributed by atoms with van der Waals surface area (Å²) in [6, 6.07) is 37.6. The van der Waals surface area contributed by atoms with Crippen molar-refractivity contribution in [3.05, 3.63) is 153 Å². The summed E-state index contributed by atoms with van der Waals surface area (Å²) in [6.07, 6.45) is 1.85. The highest BCUT2D eigenvalue weighted by Crippen LogP contribution is 2.54. The Morgan fingerprint density at radius 2 is 0.903 bits per heavy atom. The van der Waals surface area contributed by atoms with Crippen molar-refractivity contribution in [2.24, 2.45) is 19.6 Å². The summed E-state index contributed by atoms with van der Waals surface area (Å²) in [7, 11) is 0. The van der Waals surface area contributed by atoms with Gasteiger partial charge in [-0.15, -0.1) is 0 Å². The molecule has 4 aromatic carbocycles. The molecule has 4 atom stereocenters. The van der Waals surface area contributed by atoms with Gasteiger partial charge in [0.1, 0.15) is 11.5 Å². The number of ether oxygens (including phenoxy) is 2. The van der Waals surface area contributed by atoms with Crippen LogP contribution in [0, 0.1) is 33.5 Å². The first-order valence-corrected chi connectivity index (χ1v) is 22.7. The number of alkyl halides is 2. The van der Waals surface area contributed by atoms with Crippen LogP contribution in [-0.2, 0) is 19.1 Å². The molecule has 0 unspecified atom stereocenters. The standard InChI is InChI=1S/2C24H20Cl2N2O2S/c2*1-23(2)12-18(29)20-19(13-23)30-22(28-31-17-6-4-3-5-7-17)24(26,14-27)21(20)15-8-10-16(25)11-9-15/h2*3-11,21H,12-13H2,1-2H3/b2*28-22-/t2*21-,24+/m10/s1. The zero-order valence-electron chi connectivity index (χ0n) is 34.1. The Hall–Kier alpha value is -4.52. The average molecular weight is 943 g/mol. The van der Waals surface area contributed by atoms with Crippen LogP contribution in [-0.4, -0.2) is 33.1 Å². The normalized spacial score (nSPS) is 26.2. The fourth-order valence-corrected chi connectivity index (χ4v) is 10.3. The van der Waals surface area contributed by atoms with Gasteiger partial charge in [0.25, 0.3) is 0 Å². The second kappa shape index (κ2) is 18.3. The Kier molecular flexibility index (Phi) is 13.4. The number of ketones is 2. The van der Waals surface area contributed by atoms with Crippen LogP contribution in [0.5, 0.6) is 0 Å². The second-order valence-electron chi connectivity index (χ2n) is 17.0. The summed E-state index contributed by atoms with van der Waals surface area (Å²) in [5, 5.41) is 21.5. The number of nitrogens with zero attached hydrogens (tertiary/aromatic N) is 4. The maximum atomic E-state index is 13.2. The van der Waals surface area contributed by atoms with Crippen LogP contribution in [0.4, 0.5) is 0 Å². The first-order chi connectivity index (χ1) is 29.5. The predicted octanol–water partition coefficient (Wildman–Crippen LogP) is 13.4. The van der Waals surface area contributed by atoms with Gasteiger partial charge in [0, 0.05) is 80.6 Å². The summed E-state index contributed by atoms with van der Waals surface area (Å²) < 4.78 is 21.3. The third-order valence-electron chi connectivity index (χ3n) is 10.9. The fourth-order valence-electron chi connectivity index (χ4n) is 8.06. The lowest BCUT2D eigenvalue weighted by Gasteiger charge is -2.42. The molecule has 8 rings (SSSR count). The molecule has 8 nitrogen and oxygen atoms in total. The number of allylic oxidation sites excluding steroid dienone is 4. The van der Waals surface area contributed by atoms with Gasteiger partial charge in [-0.05, 0) is 70.5 Å². The lowest BCUT2D eigenvalue weighted by molar-refractivity contribution is -0.120. The smallest absolute Gasteiger partial charge is 0.238 e. The molecule has 2 heterocycles. The van der Waals surface area contributed by atoms with Gasteiger partial charge in [-0.25, -0.2) is 0 Å². The quantitative estimate of drug-likeness (QED) is 0.138. The SMILES string of the molecule is CC1(C)CC(=O)C2=C(C1)O/C(=N\Sc1ccccc1)[C@@](Cl)(C#N)[C@H]2c1ccc(Cl)cc1.CC1(C)CC(=O)C2=C(C1)O/C(=N\Sc1ccccc1)[C@](Cl)(C#N)[C@@H]2c1ccc(Cl)cc1. The largest absolute Gasteiger partial charge is 0.443 e. The molecule has 0 fully saturated rings. The van der Waals surface area contributed by atoms with Gasteiger partial charge in [0.2, 0.25) is 21.5 Å². The molecular formula is C48H40Cl4N4O4S2. The number of rotatable bonds is 6. The van der Waals surface area contributed by atoms with Crippen molar-refractivity contribution in [1.82, 2.24) is 0 Å². The molecule has 62 heavy (non-hydrogen) atoms. The lowest BCUT2D eigenvalue weighted by atomic mass is 9.68. The highest BCUT2D eigenvalue weighted by molar-refractivity contribution is 7.98. The van der Waals surface area contributed by atoms with Crippen LogP contribution >= 0.6 is 70.3 Å². The van der Waals surface area contributed by atoms with E-state index in [1.165, 1.54) is 23.9 Å². The molecule has 14 heteroatoms. The molecule has 0 saturated heterocycles. The van der Waals surface area contributed by atoms with E-state index in [0.29, 0.717) is 58.4 Å². The van der Waals surface area contributed by atoms with Gasteiger partial charge < -0.3 is 9.47 Å². The van der Waals surface area contributed by atoms with E-state index in [0.717, 1.165) is 20.9 Å². The summed E-state index contributed by atoms with van der Waals surface area (Å²) in [5.74, 6) is -0.259. The van der Waals surface area contributed by atoms with Gasteiger partial charge in [-0.2, -0.15) is 19.3 Å². The van der Waals surface area contributed by atoms with Crippen molar-refractivity contribution in [2.75, 3.05) is 0 Å². The highest BCUT2D eigenvalue weighted by Gasteiger charge is 2.57. The zero-order chi connectivity index (χ0) is 44.5. The third kappa shape index (κ3) is 9.53. The molecule has 0 radical (unpaired) electrons. The minimum atomic E-state index is -1.66. The molecular weight excluding hydrogens is 902 g/mol. The molecule has 316 valence electrons. The van der Waals surface area contributed by atoms with E-state index in [4.69, 9.17) is 55.9 Å². The van der Waals surface area contributed by atoms with E-state index in [1.54, 1.807) is 48.5 Å². The van der Waals surface area contributed by atoms with Crippen molar-refractivity contribution < 1.29 is 19.1 Å². The maximum absolute atomic E-state index is 13.2. The molecule has 0 N–H and O–H groups in total. The Bertz CT molecular complexity index is 2420. The minimum Gasteiger partial charge on any atom is -0.443 e. The van der Waals surface area contributed by atoms with E-state index in [2.05, 4.69) is 20.9 Å². The molecule has 2 aliphatic carbocycles. The van der Waals surface area contributed by atoms with E-state index in [1.807, 2.05) is 88.4 Å². The number of hydrogen-bond donors (Lipinski definition) is 0. The van der Waals surface area contributed by atoms with Crippen molar-refractivity contribution in [3.63, 3.8) is 0 Å². The van der Waals surface area contributed by atoms with Gasteiger partial charge in [-0.1, -0.05) is 135 Å². The second-order valence-corrected chi connectivity index (χ2v) is 20.7. The topological polar surface area (TPSA) is 125 Å². The Morgan fingerprint density at radius 3 is 1.23 bits per heavy atom. The molecule has 0 bridgehead atoms. The Labute approximate surface area is 390 Å². The number of benzene rings is 4. The number of Topliss-reactive ketones (excluding diaryl/α,β-unsaturated/α-hetero) is 2. The van der Waals surface area contributed by atoms with Crippen LogP contribution < -0.4 is 0 Å². The van der Waals surface area contributed by atoms with Crippen LogP contribution in [0.15, 0.2) is 150 Å². The van der Waals surface area contributed by atoms with Crippen molar-refractivity contribution in [3.8, 4) is 12.1 Å². The molecule has 4 aromatic rings. The maximum Gasteiger partial charge on any atom is 0.238 e. The van der Waals surface area contributed by atoms with Crippen LogP contribution in [0.3, 0.4) is 0 Å². The van der Waals surface area contributed by atoms with Gasteiger partial charge in [-0.3, -0.25) is 9.59 Å². The van der Waals surface area contributed by atoms with Gasteiger partial charge in [0.05, 0.1) is 24.0 Å². The minimum absolute atomic E-state index is 0.0544. The summed E-state index contributed by atoms with van der Waals surface area (Å²) >= 11 is 28.4. The zero-order valence-corrected chi connectivity index (χ0v) is 38.8. The number of halogens is 4. The molecule has 0 amide bonds. The van der Waals surface area contributed by atoms with Crippen molar-refractivity contribution in [2.45, 2.75) is 84.8 Å². The number of carbonyl (C=O) groups excluding carboxylic acids is 2. The van der Waals surface area contributed by atoms with Gasteiger partial charge >= 0.3 is 0 Å². The monoisotopic (exact) mass is 940 g/mol. The number of hydrogen-bond acceptors (Lipinski definition) is 10. The predicted molar refractivity (Wildman–Crippen MR) is 249 cm³/mol. The highest BCUT2D eigenvalue weighted by atomic mass is 35.5. The molecule has 2 aliphatic heterocycles. The third-order valence-corrected chi connectivity index (χ3v) is 13.8. The average Bonchev–Trinajstić information content (AvgIpc) is 3.24. The fraction of sp³-hybridized carbons (Fsp3) is 0.292. The van der Waals surface area contributed by atoms with Crippen molar-refractivity contribution in [1.29, 1.82) is 10.5 Å². The van der Waals surface area contributed by atoms with Crippen LogP contribution in [0.2, 0.25) is 10.0 Å². The Morgan fingerprint density at radius 1 is 0.565 bits per heavy atom.